The van der Waals surface area contributed by atoms with E-state index in [-0.39, 0.29) is 4.83 Å². The van der Waals surface area contributed by atoms with Gasteiger partial charge in [0, 0.05) is 9.35 Å². The van der Waals surface area contributed by atoms with E-state index in [9.17, 15) is 0 Å². The Morgan fingerprint density at radius 2 is 1.88 bits per heavy atom. The molecule has 0 fully saturated rings. The Hall–Kier alpha value is 0.460. The van der Waals surface area contributed by atoms with Crippen molar-refractivity contribution in [3.63, 3.8) is 0 Å². The molecule has 0 aliphatic heterocycles. The molecule has 5 heteroatoms. The molecule has 0 amide bonds. The highest BCUT2D eigenvalue weighted by Gasteiger charge is 2.15. The van der Waals surface area contributed by atoms with Crippen molar-refractivity contribution in [3.8, 4) is 0 Å². The van der Waals surface area contributed by atoms with Gasteiger partial charge in [0.1, 0.15) is 0 Å². The van der Waals surface area contributed by atoms with Crippen LogP contribution in [-0.4, -0.2) is 0 Å². The summed E-state index contributed by atoms with van der Waals surface area (Å²) in [7, 11) is 0. The molecule has 0 spiro atoms. The fourth-order valence-electron chi connectivity index (χ4n) is 1.31. The molecular formula is C11H6Br2Cl2S. The van der Waals surface area contributed by atoms with Gasteiger partial charge in [-0.05, 0) is 45.1 Å². The number of thiophene rings is 1. The van der Waals surface area contributed by atoms with E-state index >= 15 is 0 Å². The summed E-state index contributed by atoms with van der Waals surface area (Å²) in [6.45, 7) is 0. The maximum absolute atomic E-state index is 6.10. The highest BCUT2D eigenvalue weighted by atomic mass is 79.9. The van der Waals surface area contributed by atoms with E-state index in [4.69, 9.17) is 23.2 Å². The number of hydrogen-bond donors (Lipinski definition) is 0. The predicted octanol–water partition coefficient (Wildman–Crippen LogP) is 6.30. The van der Waals surface area contributed by atoms with Crippen LogP contribution in [0, 0.1) is 0 Å². The standard InChI is InChI=1S/C11H6Br2Cl2S/c12-7-5-6(1-2-8(7)14)10(13)11-9(15)3-4-16-11/h1-5,10H. The van der Waals surface area contributed by atoms with Crippen LogP contribution < -0.4 is 0 Å². The highest BCUT2D eigenvalue weighted by Crippen LogP contribution is 2.40. The van der Waals surface area contributed by atoms with Crippen LogP contribution in [0.15, 0.2) is 34.1 Å². The summed E-state index contributed by atoms with van der Waals surface area (Å²) in [5.74, 6) is 0. The fraction of sp³-hybridized carbons (Fsp3) is 0.0909. The third kappa shape index (κ3) is 2.65. The number of rotatable bonds is 2. The number of hydrogen-bond acceptors (Lipinski definition) is 1. The van der Waals surface area contributed by atoms with Crippen molar-refractivity contribution in [1.82, 2.24) is 0 Å². The number of alkyl halides is 1. The molecule has 1 atom stereocenters. The molecule has 1 aromatic heterocycles. The first-order valence-electron chi connectivity index (χ1n) is 4.41. The van der Waals surface area contributed by atoms with Crippen molar-refractivity contribution < 1.29 is 0 Å². The second-order valence-electron chi connectivity index (χ2n) is 3.17. The Kier molecular flexibility index (Phi) is 4.36. The summed E-state index contributed by atoms with van der Waals surface area (Å²) in [6, 6.07) is 7.76. The van der Waals surface area contributed by atoms with Gasteiger partial charge in [-0.3, -0.25) is 0 Å². The maximum atomic E-state index is 6.10. The molecule has 1 unspecified atom stereocenters. The van der Waals surface area contributed by atoms with E-state index in [0.717, 1.165) is 19.9 Å². The van der Waals surface area contributed by atoms with Gasteiger partial charge in [0.05, 0.1) is 14.9 Å². The quantitative estimate of drug-likeness (QED) is 0.519. The summed E-state index contributed by atoms with van der Waals surface area (Å²) in [6.07, 6.45) is 0. The minimum absolute atomic E-state index is 0.105. The van der Waals surface area contributed by atoms with Crippen molar-refractivity contribution in [2.24, 2.45) is 0 Å². The molecular weight excluding hydrogens is 395 g/mol. The van der Waals surface area contributed by atoms with Gasteiger partial charge in [-0.15, -0.1) is 11.3 Å². The van der Waals surface area contributed by atoms with Crippen LogP contribution in [0.4, 0.5) is 0 Å². The van der Waals surface area contributed by atoms with E-state index < -0.39 is 0 Å². The lowest BCUT2D eigenvalue weighted by atomic mass is 10.1. The topological polar surface area (TPSA) is 0 Å². The average molecular weight is 401 g/mol. The van der Waals surface area contributed by atoms with Crippen LogP contribution in [0.25, 0.3) is 0 Å². The summed E-state index contributed by atoms with van der Waals surface area (Å²) in [5, 5.41) is 3.48. The SMILES string of the molecule is Clc1ccc(C(Br)c2sccc2Cl)cc1Br. The van der Waals surface area contributed by atoms with Gasteiger partial charge >= 0.3 is 0 Å². The molecule has 1 aromatic carbocycles. The lowest BCUT2D eigenvalue weighted by Crippen LogP contribution is -1.90. The lowest BCUT2D eigenvalue weighted by Gasteiger charge is -2.10. The van der Waals surface area contributed by atoms with Gasteiger partial charge < -0.3 is 0 Å². The second-order valence-corrected chi connectivity index (χ2v) is 6.70. The Balaban J connectivity index is 2.38. The first kappa shape index (κ1) is 12.9. The largest absolute Gasteiger partial charge is 0.146 e. The monoisotopic (exact) mass is 398 g/mol. The van der Waals surface area contributed by atoms with Crippen LogP contribution in [0.2, 0.25) is 10.0 Å². The molecule has 0 radical (unpaired) electrons. The molecule has 2 rings (SSSR count). The minimum Gasteiger partial charge on any atom is -0.146 e. The van der Waals surface area contributed by atoms with Gasteiger partial charge in [-0.1, -0.05) is 45.2 Å². The lowest BCUT2D eigenvalue weighted by molar-refractivity contribution is 1.22. The van der Waals surface area contributed by atoms with Crippen LogP contribution in [0.5, 0.6) is 0 Å². The molecule has 16 heavy (non-hydrogen) atoms. The second kappa shape index (κ2) is 5.40. The van der Waals surface area contributed by atoms with E-state index in [1.165, 1.54) is 0 Å². The van der Waals surface area contributed by atoms with Gasteiger partial charge in [-0.25, -0.2) is 0 Å². The number of halogens is 4. The van der Waals surface area contributed by atoms with Crippen molar-refractivity contribution in [2.75, 3.05) is 0 Å². The summed E-state index contributed by atoms with van der Waals surface area (Å²) < 4.78 is 0.892. The van der Waals surface area contributed by atoms with Gasteiger partial charge in [0.25, 0.3) is 0 Å². The van der Waals surface area contributed by atoms with E-state index in [1.807, 2.05) is 29.6 Å². The van der Waals surface area contributed by atoms with Gasteiger partial charge in [-0.2, -0.15) is 0 Å². The van der Waals surface area contributed by atoms with E-state index in [0.29, 0.717) is 5.02 Å². The molecule has 2 aromatic rings. The smallest absolute Gasteiger partial charge is 0.0753 e. The normalized spacial score (nSPS) is 12.8. The van der Waals surface area contributed by atoms with Crippen LogP contribution >= 0.6 is 66.4 Å². The van der Waals surface area contributed by atoms with Crippen molar-refractivity contribution in [3.05, 3.63) is 54.6 Å². The Bertz CT molecular complexity index is 510. The van der Waals surface area contributed by atoms with E-state index in [1.54, 1.807) is 11.3 Å². The van der Waals surface area contributed by atoms with Crippen molar-refractivity contribution in [2.45, 2.75) is 4.83 Å². The van der Waals surface area contributed by atoms with Crippen LogP contribution in [0.3, 0.4) is 0 Å². The van der Waals surface area contributed by atoms with Gasteiger partial charge in [0.2, 0.25) is 0 Å². The fourth-order valence-corrected chi connectivity index (χ4v) is 3.98. The third-order valence-corrected chi connectivity index (χ3v) is 6.04. The molecule has 0 N–H and O–H groups in total. The van der Waals surface area contributed by atoms with Crippen LogP contribution in [0.1, 0.15) is 15.3 Å². The average Bonchev–Trinajstić information content (AvgIpc) is 2.67. The molecule has 0 bridgehead atoms. The minimum atomic E-state index is 0.105. The summed E-state index contributed by atoms with van der Waals surface area (Å²) in [4.78, 5) is 1.21. The Labute approximate surface area is 125 Å². The van der Waals surface area contributed by atoms with Crippen LogP contribution in [-0.2, 0) is 0 Å². The van der Waals surface area contributed by atoms with E-state index in [2.05, 4.69) is 31.9 Å². The Morgan fingerprint density at radius 3 is 2.44 bits per heavy atom. The first-order chi connectivity index (χ1) is 7.59. The van der Waals surface area contributed by atoms with Crippen molar-refractivity contribution >= 4 is 66.4 Å². The first-order valence-corrected chi connectivity index (χ1v) is 7.76. The zero-order chi connectivity index (χ0) is 11.7. The third-order valence-electron chi connectivity index (χ3n) is 2.11. The maximum Gasteiger partial charge on any atom is 0.0753 e. The molecule has 0 saturated carbocycles. The van der Waals surface area contributed by atoms with Crippen molar-refractivity contribution in [1.29, 1.82) is 0 Å². The van der Waals surface area contributed by atoms with Gasteiger partial charge in [0.15, 0.2) is 0 Å². The molecule has 0 nitrogen and oxygen atoms in total. The molecule has 84 valence electrons. The molecule has 0 saturated heterocycles. The zero-order valence-corrected chi connectivity index (χ0v) is 13.4. The zero-order valence-electron chi connectivity index (χ0n) is 7.88. The predicted molar refractivity (Wildman–Crippen MR) is 79.3 cm³/mol. The molecule has 1 heterocycles. The highest BCUT2D eigenvalue weighted by molar-refractivity contribution is 9.10. The molecule has 0 aliphatic carbocycles. The summed E-state index contributed by atoms with van der Waals surface area (Å²) >= 11 is 20.7. The Morgan fingerprint density at radius 1 is 1.12 bits per heavy atom. The summed E-state index contributed by atoms with van der Waals surface area (Å²) in [5.41, 5.74) is 1.13. The molecule has 0 aliphatic rings. The number of benzene rings is 1.